The lowest BCUT2D eigenvalue weighted by atomic mass is 10.2. The standard InChI is InChI=1S/C13H19NO4S/c1-14-8-10-7-11(17-2)3-4-13(10)18-12-5-6-19(15,16)9-12/h3-4,7,12,14H,5-6,8-9H2,1-2H3. The second-order valence-corrected chi connectivity index (χ2v) is 6.88. The Morgan fingerprint density at radius 1 is 1.42 bits per heavy atom. The van der Waals surface area contributed by atoms with Gasteiger partial charge in [0.2, 0.25) is 0 Å². The molecule has 0 bridgehead atoms. The van der Waals surface area contributed by atoms with Crippen LogP contribution in [-0.2, 0) is 16.4 Å². The molecule has 6 heteroatoms. The fraction of sp³-hybridized carbons (Fsp3) is 0.538. The predicted molar refractivity (Wildman–Crippen MR) is 73.4 cm³/mol. The molecule has 1 aliphatic heterocycles. The third kappa shape index (κ3) is 3.61. The summed E-state index contributed by atoms with van der Waals surface area (Å²) in [6, 6.07) is 5.55. The number of ether oxygens (including phenoxy) is 2. The van der Waals surface area contributed by atoms with E-state index < -0.39 is 9.84 Å². The minimum Gasteiger partial charge on any atom is -0.497 e. The van der Waals surface area contributed by atoms with Crippen LogP contribution >= 0.6 is 0 Å². The summed E-state index contributed by atoms with van der Waals surface area (Å²) in [4.78, 5) is 0. The van der Waals surface area contributed by atoms with Crippen molar-refractivity contribution < 1.29 is 17.9 Å². The van der Waals surface area contributed by atoms with Gasteiger partial charge in [-0.05, 0) is 31.7 Å². The molecule has 0 aromatic heterocycles. The van der Waals surface area contributed by atoms with Crippen molar-refractivity contribution >= 4 is 9.84 Å². The maximum absolute atomic E-state index is 11.4. The van der Waals surface area contributed by atoms with Gasteiger partial charge in [-0.3, -0.25) is 0 Å². The Hall–Kier alpha value is -1.27. The highest BCUT2D eigenvalue weighted by atomic mass is 32.2. The first-order valence-electron chi connectivity index (χ1n) is 6.22. The van der Waals surface area contributed by atoms with Gasteiger partial charge >= 0.3 is 0 Å². The fourth-order valence-electron chi connectivity index (χ4n) is 2.16. The molecule has 1 saturated heterocycles. The van der Waals surface area contributed by atoms with Crippen molar-refractivity contribution in [2.45, 2.75) is 19.1 Å². The normalized spacial score (nSPS) is 21.3. The molecule has 1 aliphatic rings. The average molecular weight is 285 g/mol. The molecule has 1 unspecified atom stereocenters. The molecule has 5 nitrogen and oxygen atoms in total. The van der Waals surface area contributed by atoms with E-state index >= 15 is 0 Å². The smallest absolute Gasteiger partial charge is 0.154 e. The van der Waals surface area contributed by atoms with E-state index in [-0.39, 0.29) is 17.6 Å². The summed E-state index contributed by atoms with van der Waals surface area (Å²) in [6.45, 7) is 0.645. The molecule has 0 spiro atoms. The van der Waals surface area contributed by atoms with Gasteiger partial charge in [0, 0.05) is 12.1 Å². The van der Waals surface area contributed by atoms with Crippen LogP contribution in [0.1, 0.15) is 12.0 Å². The first-order chi connectivity index (χ1) is 9.04. The summed E-state index contributed by atoms with van der Waals surface area (Å²) in [7, 11) is 0.545. The first kappa shape index (κ1) is 14.1. The number of hydrogen-bond acceptors (Lipinski definition) is 5. The van der Waals surface area contributed by atoms with Crippen LogP contribution in [-0.4, -0.2) is 40.2 Å². The minimum absolute atomic E-state index is 0.109. The van der Waals surface area contributed by atoms with E-state index in [0.29, 0.717) is 13.0 Å². The van der Waals surface area contributed by atoms with Gasteiger partial charge < -0.3 is 14.8 Å². The van der Waals surface area contributed by atoms with Gasteiger partial charge in [0.05, 0.1) is 18.6 Å². The monoisotopic (exact) mass is 285 g/mol. The largest absolute Gasteiger partial charge is 0.497 e. The van der Waals surface area contributed by atoms with Crippen LogP contribution in [0.3, 0.4) is 0 Å². The predicted octanol–water partition coefficient (Wildman–Crippen LogP) is 0.981. The Kier molecular flexibility index (Phi) is 4.31. The Morgan fingerprint density at radius 3 is 2.79 bits per heavy atom. The van der Waals surface area contributed by atoms with Crippen molar-refractivity contribution in [1.82, 2.24) is 5.32 Å². The van der Waals surface area contributed by atoms with Crippen molar-refractivity contribution in [2.75, 3.05) is 25.7 Å². The van der Waals surface area contributed by atoms with Crippen molar-refractivity contribution in [1.29, 1.82) is 0 Å². The van der Waals surface area contributed by atoms with Gasteiger partial charge in [-0.2, -0.15) is 0 Å². The van der Waals surface area contributed by atoms with Crippen molar-refractivity contribution in [2.24, 2.45) is 0 Å². The molecule has 0 saturated carbocycles. The second kappa shape index (κ2) is 5.79. The lowest BCUT2D eigenvalue weighted by Gasteiger charge is -2.16. The Morgan fingerprint density at radius 2 is 2.21 bits per heavy atom. The fourth-order valence-corrected chi connectivity index (χ4v) is 3.75. The maximum atomic E-state index is 11.4. The molecule has 2 rings (SSSR count). The topological polar surface area (TPSA) is 64.6 Å². The second-order valence-electron chi connectivity index (χ2n) is 4.65. The molecular formula is C13H19NO4S. The van der Waals surface area contributed by atoms with Gasteiger partial charge in [-0.25, -0.2) is 8.42 Å². The summed E-state index contributed by atoms with van der Waals surface area (Å²) < 4.78 is 33.9. The molecule has 1 aromatic rings. The summed E-state index contributed by atoms with van der Waals surface area (Å²) in [5.74, 6) is 1.81. The van der Waals surface area contributed by atoms with E-state index in [9.17, 15) is 8.42 Å². The summed E-state index contributed by atoms with van der Waals surface area (Å²) in [5.41, 5.74) is 0.964. The van der Waals surface area contributed by atoms with Crippen molar-refractivity contribution in [3.63, 3.8) is 0 Å². The molecule has 0 aliphatic carbocycles. The van der Waals surface area contributed by atoms with Crippen LogP contribution in [0.2, 0.25) is 0 Å². The number of benzene rings is 1. The molecular weight excluding hydrogens is 266 g/mol. The van der Waals surface area contributed by atoms with Crippen molar-refractivity contribution in [3.05, 3.63) is 23.8 Å². The number of rotatable bonds is 5. The van der Waals surface area contributed by atoms with Gasteiger partial charge in [-0.1, -0.05) is 0 Å². The van der Waals surface area contributed by atoms with Gasteiger partial charge in [0.15, 0.2) is 9.84 Å². The van der Waals surface area contributed by atoms with Crippen molar-refractivity contribution in [3.8, 4) is 11.5 Å². The molecule has 19 heavy (non-hydrogen) atoms. The number of nitrogens with one attached hydrogen (secondary N) is 1. The molecule has 106 valence electrons. The van der Waals surface area contributed by atoms with Crippen LogP contribution in [0, 0.1) is 0 Å². The van der Waals surface area contributed by atoms with Crippen LogP contribution in [0.4, 0.5) is 0 Å². The number of methoxy groups -OCH3 is 1. The van der Waals surface area contributed by atoms with Crippen LogP contribution in [0.25, 0.3) is 0 Å². The number of hydrogen-bond donors (Lipinski definition) is 1. The molecule has 0 amide bonds. The Bertz CT molecular complexity index is 542. The zero-order chi connectivity index (χ0) is 13.9. The quantitative estimate of drug-likeness (QED) is 0.873. The highest BCUT2D eigenvalue weighted by molar-refractivity contribution is 7.91. The van der Waals surface area contributed by atoms with Crippen LogP contribution < -0.4 is 14.8 Å². The zero-order valence-electron chi connectivity index (χ0n) is 11.2. The van der Waals surface area contributed by atoms with Crippen LogP contribution in [0.15, 0.2) is 18.2 Å². The molecule has 1 aromatic carbocycles. The molecule has 1 heterocycles. The lowest BCUT2D eigenvalue weighted by molar-refractivity contribution is 0.226. The average Bonchev–Trinajstić information content (AvgIpc) is 2.71. The summed E-state index contributed by atoms with van der Waals surface area (Å²) in [6.07, 6.45) is 0.321. The summed E-state index contributed by atoms with van der Waals surface area (Å²) >= 11 is 0. The Labute approximate surface area is 113 Å². The first-order valence-corrected chi connectivity index (χ1v) is 8.05. The van der Waals surface area contributed by atoms with E-state index in [1.165, 1.54) is 0 Å². The SMILES string of the molecule is CNCc1cc(OC)ccc1OC1CCS(=O)(=O)C1. The Balaban J connectivity index is 2.15. The highest BCUT2D eigenvalue weighted by Gasteiger charge is 2.29. The van der Waals surface area contributed by atoms with E-state index in [0.717, 1.165) is 17.1 Å². The third-order valence-electron chi connectivity index (χ3n) is 3.12. The van der Waals surface area contributed by atoms with E-state index in [1.807, 2.05) is 25.2 Å². The maximum Gasteiger partial charge on any atom is 0.154 e. The van der Waals surface area contributed by atoms with E-state index in [4.69, 9.17) is 9.47 Å². The van der Waals surface area contributed by atoms with Crippen LogP contribution in [0.5, 0.6) is 11.5 Å². The molecule has 0 radical (unpaired) electrons. The van der Waals surface area contributed by atoms with Gasteiger partial charge in [-0.15, -0.1) is 0 Å². The molecule has 1 atom stereocenters. The highest BCUT2D eigenvalue weighted by Crippen LogP contribution is 2.27. The van der Waals surface area contributed by atoms with E-state index in [1.54, 1.807) is 7.11 Å². The third-order valence-corrected chi connectivity index (χ3v) is 4.86. The van der Waals surface area contributed by atoms with Gasteiger partial charge in [0.1, 0.15) is 17.6 Å². The zero-order valence-corrected chi connectivity index (χ0v) is 12.0. The minimum atomic E-state index is -2.92. The lowest BCUT2D eigenvalue weighted by Crippen LogP contribution is -2.19. The molecule has 1 fully saturated rings. The van der Waals surface area contributed by atoms with Gasteiger partial charge in [0.25, 0.3) is 0 Å². The van der Waals surface area contributed by atoms with E-state index in [2.05, 4.69) is 5.32 Å². The summed E-state index contributed by atoms with van der Waals surface area (Å²) in [5, 5.41) is 3.06. The number of sulfone groups is 1. The molecule has 1 N–H and O–H groups in total.